The Kier molecular flexibility index (Phi) is 2.81. The second-order valence-corrected chi connectivity index (χ2v) is 4.17. The molecular formula is C10H9IN2O. The summed E-state index contributed by atoms with van der Waals surface area (Å²) in [6.45, 7) is 1.82. The van der Waals surface area contributed by atoms with Crippen LogP contribution >= 0.6 is 22.6 Å². The lowest BCUT2D eigenvalue weighted by Gasteiger charge is -1.98. The summed E-state index contributed by atoms with van der Waals surface area (Å²) in [7, 11) is 0. The lowest BCUT2D eigenvalue weighted by atomic mass is 10.1. The fourth-order valence-electron chi connectivity index (χ4n) is 1.22. The van der Waals surface area contributed by atoms with Gasteiger partial charge in [0.25, 0.3) is 0 Å². The Morgan fingerprint density at radius 3 is 2.79 bits per heavy atom. The van der Waals surface area contributed by atoms with Crippen LogP contribution in [0.4, 0.5) is 0 Å². The smallest absolute Gasteiger partial charge is 0.231 e. The Morgan fingerprint density at radius 2 is 2.14 bits per heavy atom. The third-order valence-electron chi connectivity index (χ3n) is 1.87. The molecule has 0 unspecified atom stereocenters. The normalized spacial score (nSPS) is 10.4. The van der Waals surface area contributed by atoms with Crippen molar-refractivity contribution < 1.29 is 4.52 Å². The van der Waals surface area contributed by atoms with Gasteiger partial charge in [0, 0.05) is 3.57 Å². The largest absolute Gasteiger partial charge is 0.339 e. The fourth-order valence-corrected chi connectivity index (χ4v) is 1.79. The van der Waals surface area contributed by atoms with E-state index < -0.39 is 0 Å². The standard InChI is InChI=1S/C10H9IN2O/c1-7-12-10(14-13-7)6-8-4-2-3-5-9(8)11/h2-5H,6H2,1H3. The van der Waals surface area contributed by atoms with Crippen LogP contribution in [-0.2, 0) is 6.42 Å². The average Bonchev–Trinajstić information content (AvgIpc) is 2.56. The SMILES string of the molecule is Cc1noc(Cc2ccccc2I)n1. The fraction of sp³-hybridized carbons (Fsp3) is 0.200. The molecule has 14 heavy (non-hydrogen) atoms. The Morgan fingerprint density at radius 1 is 1.36 bits per heavy atom. The Hall–Kier alpha value is -0.910. The third-order valence-corrected chi connectivity index (χ3v) is 2.92. The maximum atomic E-state index is 5.06. The molecule has 0 spiro atoms. The van der Waals surface area contributed by atoms with Crippen LogP contribution in [0.1, 0.15) is 17.3 Å². The summed E-state index contributed by atoms with van der Waals surface area (Å²) in [5.41, 5.74) is 1.22. The van der Waals surface area contributed by atoms with Gasteiger partial charge in [-0.05, 0) is 41.1 Å². The second-order valence-electron chi connectivity index (χ2n) is 3.00. The molecule has 2 aromatic rings. The molecule has 0 aliphatic heterocycles. The van der Waals surface area contributed by atoms with Gasteiger partial charge in [0.1, 0.15) is 0 Å². The first kappa shape index (κ1) is 9.64. The number of rotatable bonds is 2. The van der Waals surface area contributed by atoms with Crippen molar-refractivity contribution in [2.45, 2.75) is 13.3 Å². The first-order valence-electron chi connectivity index (χ1n) is 4.28. The molecule has 0 N–H and O–H groups in total. The summed E-state index contributed by atoms with van der Waals surface area (Å²) in [5, 5.41) is 3.75. The van der Waals surface area contributed by atoms with E-state index in [-0.39, 0.29) is 0 Å². The van der Waals surface area contributed by atoms with Gasteiger partial charge >= 0.3 is 0 Å². The molecule has 1 aromatic carbocycles. The number of hydrogen-bond donors (Lipinski definition) is 0. The van der Waals surface area contributed by atoms with Crippen molar-refractivity contribution in [1.29, 1.82) is 0 Å². The molecule has 0 fully saturated rings. The Balaban J connectivity index is 2.23. The van der Waals surface area contributed by atoms with Gasteiger partial charge in [0.15, 0.2) is 5.82 Å². The van der Waals surface area contributed by atoms with Crippen LogP contribution in [0.2, 0.25) is 0 Å². The number of halogens is 1. The van der Waals surface area contributed by atoms with Gasteiger partial charge in [-0.25, -0.2) is 0 Å². The molecule has 3 nitrogen and oxygen atoms in total. The van der Waals surface area contributed by atoms with Crippen molar-refractivity contribution in [3.63, 3.8) is 0 Å². The molecule has 2 rings (SSSR count). The highest BCUT2D eigenvalue weighted by molar-refractivity contribution is 14.1. The van der Waals surface area contributed by atoms with E-state index in [0.717, 1.165) is 0 Å². The molecule has 0 atom stereocenters. The maximum Gasteiger partial charge on any atom is 0.231 e. The zero-order chi connectivity index (χ0) is 9.97. The zero-order valence-electron chi connectivity index (χ0n) is 7.70. The van der Waals surface area contributed by atoms with E-state index >= 15 is 0 Å². The van der Waals surface area contributed by atoms with E-state index in [1.54, 1.807) is 0 Å². The molecule has 1 aromatic heterocycles. The quantitative estimate of drug-likeness (QED) is 0.800. The maximum absolute atomic E-state index is 5.06. The number of nitrogens with zero attached hydrogens (tertiary/aromatic N) is 2. The molecular weight excluding hydrogens is 291 g/mol. The number of aryl methyl sites for hydroxylation is 1. The second kappa shape index (κ2) is 4.08. The molecule has 4 heteroatoms. The van der Waals surface area contributed by atoms with Gasteiger partial charge in [-0.3, -0.25) is 0 Å². The molecule has 0 aliphatic carbocycles. The highest BCUT2D eigenvalue weighted by Gasteiger charge is 2.05. The van der Waals surface area contributed by atoms with Crippen LogP contribution in [0.5, 0.6) is 0 Å². The predicted molar refractivity (Wildman–Crippen MR) is 61.0 cm³/mol. The minimum Gasteiger partial charge on any atom is -0.339 e. The summed E-state index contributed by atoms with van der Waals surface area (Å²) >= 11 is 2.30. The molecule has 0 saturated heterocycles. The van der Waals surface area contributed by atoms with Gasteiger partial charge in [-0.2, -0.15) is 4.98 Å². The van der Waals surface area contributed by atoms with E-state index in [4.69, 9.17) is 4.52 Å². The Bertz CT molecular complexity index is 439. The predicted octanol–water partition coefficient (Wildman–Crippen LogP) is 2.57. The lowest BCUT2D eigenvalue weighted by molar-refractivity contribution is 0.381. The van der Waals surface area contributed by atoms with Crippen molar-refractivity contribution in [3.8, 4) is 0 Å². The highest BCUT2D eigenvalue weighted by atomic mass is 127. The van der Waals surface area contributed by atoms with Crippen LogP contribution in [0.25, 0.3) is 0 Å². The summed E-state index contributed by atoms with van der Waals surface area (Å²) in [4.78, 5) is 4.17. The first-order valence-corrected chi connectivity index (χ1v) is 5.36. The van der Waals surface area contributed by atoms with Crippen molar-refractivity contribution in [1.82, 2.24) is 10.1 Å². The van der Waals surface area contributed by atoms with Crippen LogP contribution in [0.3, 0.4) is 0 Å². The minimum absolute atomic E-state index is 0.673. The van der Waals surface area contributed by atoms with Gasteiger partial charge in [0.2, 0.25) is 5.89 Å². The van der Waals surface area contributed by atoms with E-state index in [1.807, 2.05) is 19.1 Å². The van der Waals surface area contributed by atoms with E-state index in [1.165, 1.54) is 9.13 Å². The lowest BCUT2D eigenvalue weighted by Crippen LogP contribution is -1.91. The summed E-state index contributed by atoms with van der Waals surface area (Å²) in [5.74, 6) is 1.36. The average molecular weight is 300 g/mol. The minimum atomic E-state index is 0.673. The summed E-state index contributed by atoms with van der Waals surface area (Å²) < 4.78 is 6.28. The van der Waals surface area contributed by atoms with Gasteiger partial charge in [0.05, 0.1) is 6.42 Å². The topological polar surface area (TPSA) is 38.9 Å². The molecule has 0 bridgehead atoms. The van der Waals surface area contributed by atoms with E-state index in [2.05, 4.69) is 44.9 Å². The van der Waals surface area contributed by atoms with E-state index in [0.29, 0.717) is 18.1 Å². The zero-order valence-corrected chi connectivity index (χ0v) is 9.85. The van der Waals surface area contributed by atoms with Gasteiger partial charge in [-0.15, -0.1) is 0 Å². The van der Waals surface area contributed by atoms with Crippen LogP contribution in [-0.4, -0.2) is 10.1 Å². The first-order chi connectivity index (χ1) is 6.75. The van der Waals surface area contributed by atoms with Crippen molar-refractivity contribution >= 4 is 22.6 Å². The van der Waals surface area contributed by atoms with Crippen LogP contribution < -0.4 is 0 Å². The van der Waals surface area contributed by atoms with Crippen molar-refractivity contribution in [2.75, 3.05) is 0 Å². The Labute approximate surface area is 95.7 Å². The molecule has 0 amide bonds. The number of benzene rings is 1. The van der Waals surface area contributed by atoms with Crippen molar-refractivity contribution in [2.24, 2.45) is 0 Å². The molecule has 0 radical (unpaired) electrons. The van der Waals surface area contributed by atoms with Gasteiger partial charge in [-0.1, -0.05) is 23.4 Å². The number of hydrogen-bond acceptors (Lipinski definition) is 3. The molecule has 0 aliphatic rings. The van der Waals surface area contributed by atoms with Crippen LogP contribution in [0.15, 0.2) is 28.8 Å². The number of aromatic nitrogens is 2. The van der Waals surface area contributed by atoms with Gasteiger partial charge < -0.3 is 4.52 Å². The summed E-state index contributed by atoms with van der Waals surface area (Å²) in [6, 6.07) is 8.17. The summed E-state index contributed by atoms with van der Waals surface area (Å²) in [6.07, 6.45) is 0.708. The third kappa shape index (κ3) is 2.12. The van der Waals surface area contributed by atoms with Crippen molar-refractivity contribution in [3.05, 3.63) is 45.1 Å². The highest BCUT2D eigenvalue weighted by Crippen LogP contribution is 2.14. The van der Waals surface area contributed by atoms with Crippen LogP contribution in [0, 0.1) is 10.5 Å². The monoisotopic (exact) mass is 300 g/mol. The molecule has 72 valence electrons. The molecule has 1 heterocycles. The van der Waals surface area contributed by atoms with E-state index in [9.17, 15) is 0 Å². The molecule has 0 saturated carbocycles.